The summed E-state index contributed by atoms with van der Waals surface area (Å²) in [6, 6.07) is 12.0. The first-order valence-corrected chi connectivity index (χ1v) is 7.73. The van der Waals surface area contributed by atoms with Crippen molar-refractivity contribution in [2.75, 3.05) is 11.6 Å². The first kappa shape index (κ1) is 15.4. The number of hydrogen-bond acceptors (Lipinski definition) is 3. The van der Waals surface area contributed by atoms with Crippen molar-refractivity contribution in [1.29, 1.82) is 0 Å². The number of anilines is 1. The molecule has 0 aromatic heterocycles. The van der Waals surface area contributed by atoms with E-state index in [1.165, 1.54) is 23.1 Å². The summed E-state index contributed by atoms with van der Waals surface area (Å²) in [4.78, 5) is 12.3. The van der Waals surface area contributed by atoms with E-state index in [0.717, 1.165) is 5.56 Å². The van der Waals surface area contributed by atoms with Gasteiger partial charge in [0.2, 0.25) is 5.91 Å². The van der Waals surface area contributed by atoms with Gasteiger partial charge >= 0.3 is 0 Å². The highest BCUT2D eigenvalue weighted by molar-refractivity contribution is 7.98. The number of nitrogens with one attached hydrogen (secondary N) is 1. The maximum absolute atomic E-state index is 13.8. The fraction of sp³-hybridized carbons (Fsp3) is 0.188. The normalized spacial score (nSPS) is 12.0. The molecule has 0 aliphatic rings. The van der Waals surface area contributed by atoms with Crippen LogP contribution in [0.1, 0.15) is 28.9 Å². The summed E-state index contributed by atoms with van der Waals surface area (Å²) in [5.41, 5.74) is 6.81. The predicted octanol–water partition coefficient (Wildman–Crippen LogP) is 3.82. The molecule has 5 heteroatoms. The molecule has 2 aromatic rings. The third-order valence-electron chi connectivity index (χ3n) is 3.24. The van der Waals surface area contributed by atoms with E-state index < -0.39 is 11.7 Å². The van der Waals surface area contributed by atoms with Crippen molar-refractivity contribution >= 4 is 23.4 Å². The second kappa shape index (κ2) is 6.63. The Bertz CT molecular complexity index is 643. The van der Waals surface area contributed by atoms with E-state index in [1.54, 1.807) is 11.8 Å². The van der Waals surface area contributed by atoms with Gasteiger partial charge in [-0.3, -0.25) is 4.79 Å². The van der Waals surface area contributed by atoms with Crippen molar-refractivity contribution in [2.24, 2.45) is 5.73 Å². The molecular formula is C16H17FN2OS. The highest BCUT2D eigenvalue weighted by Crippen LogP contribution is 2.24. The fourth-order valence-corrected chi connectivity index (χ4v) is 2.41. The number of nitrogens with two attached hydrogens (primary N) is 1. The molecule has 0 spiro atoms. The number of halogens is 1. The zero-order valence-electron chi connectivity index (χ0n) is 11.9. The van der Waals surface area contributed by atoms with Crippen LogP contribution >= 0.6 is 11.8 Å². The SMILES string of the molecule is CSc1ccc(C(C)Nc2cc(C(N)=O)ccc2F)cc1. The van der Waals surface area contributed by atoms with Crippen molar-refractivity contribution in [3.63, 3.8) is 0 Å². The molecule has 3 nitrogen and oxygen atoms in total. The Balaban J connectivity index is 2.19. The van der Waals surface area contributed by atoms with Gasteiger partial charge in [0.1, 0.15) is 5.82 Å². The summed E-state index contributed by atoms with van der Waals surface area (Å²) in [6.45, 7) is 1.93. The van der Waals surface area contributed by atoms with Gasteiger partial charge in [-0.25, -0.2) is 4.39 Å². The van der Waals surface area contributed by atoms with E-state index in [-0.39, 0.29) is 17.3 Å². The van der Waals surface area contributed by atoms with E-state index >= 15 is 0 Å². The molecule has 1 amide bonds. The first-order valence-electron chi connectivity index (χ1n) is 6.51. The second-order valence-corrected chi connectivity index (χ2v) is 5.58. The lowest BCUT2D eigenvalue weighted by Gasteiger charge is -2.17. The highest BCUT2D eigenvalue weighted by Gasteiger charge is 2.11. The molecule has 0 heterocycles. The minimum atomic E-state index is -0.574. The molecular weight excluding hydrogens is 287 g/mol. The number of carbonyl (C=O) groups excluding carboxylic acids is 1. The van der Waals surface area contributed by atoms with Crippen LogP contribution in [-0.4, -0.2) is 12.2 Å². The third kappa shape index (κ3) is 3.76. The van der Waals surface area contributed by atoms with E-state index in [0.29, 0.717) is 0 Å². The summed E-state index contributed by atoms with van der Waals surface area (Å²) < 4.78 is 13.8. The third-order valence-corrected chi connectivity index (χ3v) is 3.98. The van der Waals surface area contributed by atoms with E-state index in [4.69, 9.17) is 5.73 Å². The number of benzene rings is 2. The molecule has 0 fully saturated rings. The van der Waals surface area contributed by atoms with Gasteiger partial charge in [-0.15, -0.1) is 11.8 Å². The largest absolute Gasteiger partial charge is 0.376 e. The average Bonchev–Trinajstić information content (AvgIpc) is 2.49. The standard InChI is InChI=1S/C16H17FN2OS/c1-10(11-3-6-13(21-2)7-4-11)19-15-9-12(16(18)20)5-8-14(15)17/h3-10,19H,1-2H3,(H2,18,20). The lowest BCUT2D eigenvalue weighted by atomic mass is 10.1. The maximum atomic E-state index is 13.8. The Labute approximate surface area is 127 Å². The maximum Gasteiger partial charge on any atom is 0.248 e. The van der Waals surface area contributed by atoms with E-state index in [9.17, 15) is 9.18 Å². The fourth-order valence-electron chi connectivity index (χ4n) is 2.00. The van der Waals surface area contributed by atoms with Crippen LogP contribution in [-0.2, 0) is 0 Å². The molecule has 0 aliphatic carbocycles. The lowest BCUT2D eigenvalue weighted by Crippen LogP contribution is -2.13. The van der Waals surface area contributed by atoms with Crippen LogP contribution in [0.2, 0.25) is 0 Å². The summed E-state index contributed by atoms with van der Waals surface area (Å²) >= 11 is 1.67. The molecule has 0 aliphatic heterocycles. The van der Waals surface area contributed by atoms with Gasteiger partial charge in [0.05, 0.1) is 5.69 Å². The van der Waals surface area contributed by atoms with Gasteiger partial charge in [-0.1, -0.05) is 12.1 Å². The molecule has 1 unspecified atom stereocenters. The predicted molar refractivity (Wildman–Crippen MR) is 85.2 cm³/mol. The van der Waals surface area contributed by atoms with Crippen LogP contribution in [0.3, 0.4) is 0 Å². The first-order chi connectivity index (χ1) is 10.0. The lowest BCUT2D eigenvalue weighted by molar-refractivity contribution is 0.100. The Kier molecular flexibility index (Phi) is 4.85. The zero-order valence-corrected chi connectivity index (χ0v) is 12.7. The summed E-state index contributed by atoms with van der Waals surface area (Å²) in [5.74, 6) is -0.984. The topological polar surface area (TPSA) is 55.1 Å². The van der Waals surface area contributed by atoms with Crippen molar-refractivity contribution in [3.05, 3.63) is 59.4 Å². The molecule has 0 saturated heterocycles. The Morgan fingerprint density at radius 1 is 1.24 bits per heavy atom. The van der Waals surface area contributed by atoms with Crippen LogP contribution in [0.5, 0.6) is 0 Å². The Hall–Kier alpha value is -2.01. The minimum absolute atomic E-state index is 0.0847. The number of rotatable bonds is 5. The molecule has 2 rings (SSSR count). The van der Waals surface area contributed by atoms with Gasteiger partial charge in [0, 0.05) is 16.5 Å². The number of primary amides is 1. The summed E-state index contributed by atoms with van der Waals surface area (Å²) in [5, 5.41) is 3.07. The van der Waals surface area contributed by atoms with Gasteiger partial charge < -0.3 is 11.1 Å². The summed E-state index contributed by atoms with van der Waals surface area (Å²) in [7, 11) is 0. The van der Waals surface area contributed by atoms with Gasteiger partial charge in [-0.2, -0.15) is 0 Å². The molecule has 0 saturated carbocycles. The quantitative estimate of drug-likeness (QED) is 0.826. The molecule has 0 bridgehead atoms. The molecule has 0 radical (unpaired) electrons. The summed E-state index contributed by atoms with van der Waals surface area (Å²) in [6.07, 6.45) is 2.02. The number of thioether (sulfide) groups is 1. The van der Waals surface area contributed by atoms with Crippen molar-refractivity contribution in [3.8, 4) is 0 Å². The number of carbonyl (C=O) groups is 1. The monoisotopic (exact) mass is 304 g/mol. The molecule has 110 valence electrons. The van der Waals surface area contributed by atoms with Crippen LogP contribution < -0.4 is 11.1 Å². The Morgan fingerprint density at radius 3 is 2.48 bits per heavy atom. The zero-order chi connectivity index (χ0) is 15.4. The van der Waals surface area contributed by atoms with Crippen LogP contribution in [0.15, 0.2) is 47.4 Å². The van der Waals surface area contributed by atoms with Gasteiger partial charge in [0.25, 0.3) is 0 Å². The van der Waals surface area contributed by atoms with Gasteiger partial charge in [0.15, 0.2) is 0 Å². The Morgan fingerprint density at radius 2 is 1.90 bits per heavy atom. The van der Waals surface area contributed by atoms with E-state index in [2.05, 4.69) is 5.32 Å². The van der Waals surface area contributed by atoms with Gasteiger partial charge in [-0.05, 0) is 49.1 Å². The molecule has 21 heavy (non-hydrogen) atoms. The van der Waals surface area contributed by atoms with Crippen molar-refractivity contribution in [2.45, 2.75) is 17.9 Å². The van der Waals surface area contributed by atoms with Crippen molar-refractivity contribution < 1.29 is 9.18 Å². The average molecular weight is 304 g/mol. The van der Waals surface area contributed by atoms with Crippen LogP contribution in [0.4, 0.5) is 10.1 Å². The van der Waals surface area contributed by atoms with E-state index in [1.807, 2.05) is 37.4 Å². The smallest absolute Gasteiger partial charge is 0.248 e. The number of amides is 1. The van der Waals surface area contributed by atoms with Crippen LogP contribution in [0.25, 0.3) is 0 Å². The molecule has 2 aromatic carbocycles. The molecule has 3 N–H and O–H groups in total. The van der Waals surface area contributed by atoms with Crippen LogP contribution in [0, 0.1) is 5.82 Å². The highest BCUT2D eigenvalue weighted by atomic mass is 32.2. The number of hydrogen-bond donors (Lipinski definition) is 2. The second-order valence-electron chi connectivity index (χ2n) is 4.70. The minimum Gasteiger partial charge on any atom is -0.376 e. The van der Waals surface area contributed by atoms with Crippen molar-refractivity contribution in [1.82, 2.24) is 0 Å². The molecule has 1 atom stereocenters.